The van der Waals surface area contributed by atoms with E-state index in [1.165, 1.54) is 17.8 Å². The minimum atomic E-state index is -1.01. The number of fused-ring (bicyclic) bond motifs is 1. The molecule has 0 unspecified atom stereocenters. The molecule has 1 aliphatic carbocycles. The van der Waals surface area contributed by atoms with Gasteiger partial charge in [0.05, 0.1) is 18.4 Å². The van der Waals surface area contributed by atoms with Crippen LogP contribution in [0.15, 0.2) is 36.5 Å². The molecule has 1 saturated heterocycles. The maximum absolute atomic E-state index is 12.6. The van der Waals surface area contributed by atoms with Gasteiger partial charge in [-0.1, -0.05) is 12.1 Å². The van der Waals surface area contributed by atoms with Crippen molar-refractivity contribution in [2.45, 2.75) is 50.3 Å². The van der Waals surface area contributed by atoms with Gasteiger partial charge in [-0.3, -0.25) is 14.6 Å². The number of halogens is 1. The number of carbonyl (C=O) groups excluding carboxylic acids is 2. The Balaban J connectivity index is 0.000000174. The van der Waals surface area contributed by atoms with Crippen molar-refractivity contribution in [3.63, 3.8) is 0 Å². The molecule has 2 N–H and O–H groups in total. The average Bonchev–Trinajstić information content (AvgIpc) is 3.45. The second kappa shape index (κ2) is 9.24. The van der Waals surface area contributed by atoms with Crippen molar-refractivity contribution in [3.8, 4) is 0 Å². The fraction of sp³-hybridized carbons (Fsp3) is 0.458. The number of benzene rings is 1. The molecule has 1 saturated carbocycles. The first kappa shape index (κ1) is 22.2. The number of nitrogens with zero attached hydrogens (tertiary/aromatic N) is 3. The third-order valence-corrected chi connectivity index (χ3v) is 6.48. The van der Waals surface area contributed by atoms with Gasteiger partial charge in [-0.25, -0.2) is 4.39 Å². The van der Waals surface area contributed by atoms with Crippen LogP contribution in [0, 0.1) is 5.82 Å². The predicted octanol–water partition coefficient (Wildman–Crippen LogP) is 2.65. The molecule has 0 atom stereocenters. The lowest BCUT2D eigenvalue weighted by Crippen LogP contribution is -2.44. The van der Waals surface area contributed by atoms with Crippen molar-refractivity contribution in [1.29, 1.82) is 0 Å². The monoisotopic (exact) mass is 440 g/mol. The summed E-state index contributed by atoms with van der Waals surface area (Å²) < 4.78 is 12.6. The fourth-order valence-corrected chi connectivity index (χ4v) is 4.29. The average molecular weight is 441 g/mol. The van der Waals surface area contributed by atoms with Crippen LogP contribution in [0.5, 0.6) is 0 Å². The van der Waals surface area contributed by atoms with Gasteiger partial charge < -0.3 is 20.2 Å². The van der Waals surface area contributed by atoms with Crippen LogP contribution in [0.4, 0.5) is 10.1 Å². The zero-order valence-electron chi connectivity index (χ0n) is 18.3. The van der Waals surface area contributed by atoms with Crippen molar-refractivity contribution < 1.29 is 19.1 Å². The van der Waals surface area contributed by atoms with E-state index in [-0.39, 0.29) is 11.7 Å². The molecule has 3 aliphatic rings. The van der Waals surface area contributed by atoms with Crippen LogP contribution in [0.3, 0.4) is 0 Å². The van der Waals surface area contributed by atoms with E-state index in [9.17, 15) is 19.1 Å². The minimum Gasteiger partial charge on any atom is -0.388 e. The topological polar surface area (TPSA) is 85.8 Å². The number of aromatic nitrogens is 1. The third kappa shape index (κ3) is 4.91. The van der Waals surface area contributed by atoms with Gasteiger partial charge >= 0.3 is 0 Å². The summed E-state index contributed by atoms with van der Waals surface area (Å²) in [5.74, 6) is 0.127. The van der Waals surface area contributed by atoms with Crippen molar-refractivity contribution in [1.82, 2.24) is 14.8 Å². The number of piperidine rings is 1. The Hall–Kier alpha value is -3.00. The summed E-state index contributed by atoms with van der Waals surface area (Å²) in [5, 5.41) is 13.0. The number of rotatable bonds is 4. The number of aliphatic hydroxyl groups is 1. The molecule has 0 spiro atoms. The van der Waals surface area contributed by atoms with Crippen molar-refractivity contribution >= 4 is 18.0 Å². The molecule has 2 aliphatic heterocycles. The largest absolute Gasteiger partial charge is 0.388 e. The summed E-state index contributed by atoms with van der Waals surface area (Å²) in [5.41, 5.74) is 3.06. The van der Waals surface area contributed by atoms with Crippen molar-refractivity contribution in [2.24, 2.45) is 0 Å². The Morgan fingerprint density at radius 3 is 2.50 bits per heavy atom. The number of amides is 2. The number of carbonyl (C=O) groups is 2. The van der Waals surface area contributed by atoms with Crippen LogP contribution >= 0.6 is 0 Å². The highest BCUT2D eigenvalue weighted by molar-refractivity contribution is 5.87. The lowest BCUT2D eigenvalue weighted by Gasteiger charge is -2.33. The molecule has 8 heteroatoms. The van der Waals surface area contributed by atoms with Gasteiger partial charge in [-0.2, -0.15) is 0 Å². The first-order valence-electron chi connectivity index (χ1n) is 11.0. The maximum atomic E-state index is 12.6. The number of likely N-dealkylation sites (tertiary alicyclic amines) is 1. The zero-order chi connectivity index (χ0) is 22.7. The van der Waals surface area contributed by atoms with Gasteiger partial charge in [0, 0.05) is 32.4 Å². The zero-order valence-corrected chi connectivity index (χ0v) is 18.3. The van der Waals surface area contributed by atoms with E-state index in [1.807, 2.05) is 11.9 Å². The van der Waals surface area contributed by atoms with Crippen molar-refractivity contribution in [3.05, 3.63) is 59.2 Å². The highest BCUT2D eigenvalue weighted by Crippen LogP contribution is 2.38. The standard InChI is InChI=1S/C16H22N2O2.C8H7FN2O/c1-17-14-4-2-12(3-5-14)13-6-10-18(11-7-13)15(19)16(20)8-9-16;9-7-1-6-3-11(5-12)4-8(6)10-2-7/h2-5,13,17,20H,6-11H2,1H3;1-2,5H,3-4H2. The molecule has 1 aromatic carbocycles. The maximum Gasteiger partial charge on any atom is 0.254 e. The van der Waals surface area contributed by atoms with Crippen LogP contribution in [-0.4, -0.2) is 57.9 Å². The van der Waals surface area contributed by atoms with Crippen LogP contribution in [0.25, 0.3) is 0 Å². The second-order valence-electron chi connectivity index (χ2n) is 8.74. The summed E-state index contributed by atoms with van der Waals surface area (Å²) in [7, 11) is 1.92. The first-order chi connectivity index (χ1) is 15.4. The molecular formula is C24H29FN4O3. The summed E-state index contributed by atoms with van der Waals surface area (Å²) in [6, 6.07) is 9.95. The van der Waals surface area contributed by atoms with Gasteiger partial charge in [0.25, 0.3) is 5.91 Å². The predicted molar refractivity (Wildman–Crippen MR) is 118 cm³/mol. The number of nitrogens with one attached hydrogen (secondary N) is 1. The molecule has 0 radical (unpaired) electrons. The molecule has 32 heavy (non-hydrogen) atoms. The molecule has 2 aromatic rings. The minimum absolute atomic E-state index is 0.0542. The van der Waals surface area contributed by atoms with Crippen LogP contribution in [0.1, 0.15) is 48.4 Å². The molecule has 170 valence electrons. The van der Waals surface area contributed by atoms with E-state index in [4.69, 9.17) is 0 Å². The Labute approximate surface area is 187 Å². The molecular weight excluding hydrogens is 411 g/mol. The number of pyridine rings is 1. The first-order valence-corrected chi connectivity index (χ1v) is 11.0. The number of hydrogen-bond donors (Lipinski definition) is 2. The summed E-state index contributed by atoms with van der Waals surface area (Å²) in [6.45, 7) is 2.50. The van der Waals surface area contributed by atoms with E-state index in [2.05, 4.69) is 34.6 Å². The van der Waals surface area contributed by atoms with E-state index >= 15 is 0 Å². The molecule has 2 fully saturated rings. The highest BCUT2D eigenvalue weighted by Gasteiger charge is 2.50. The lowest BCUT2D eigenvalue weighted by molar-refractivity contribution is -0.143. The molecule has 5 rings (SSSR count). The van der Waals surface area contributed by atoms with E-state index < -0.39 is 5.60 Å². The van der Waals surface area contributed by atoms with Crippen LogP contribution in [-0.2, 0) is 22.7 Å². The normalized spacial score (nSPS) is 19.0. The van der Waals surface area contributed by atoms with Gasteiger partial charge in [-0.05, 0) is 60.9 Å². The Morgan fingerprint density at radius 2 is 1.91 bits per heavy atom. The Morgan fingerprint density at radius 1 is 1.22 bits per heavy atom. The summed E-state index contributed by atoms with van der Waals surface area (Å²) >= 11 is 0. The molecule has 2 amide bonds. The van der Waals surface area contributed by atoms with Gasteiger partial charge in [-0.15, -0.1) is 0 Å². The van der Waals surface area contributed by atoms with E-state index in [1.54, 1.807) is 4.90 Å². The SMILES string of the molecule is CNc1ccc(C2CCN(C(=O)C3(O)CC3)CC2)cc1.O=CN1Cc2cc(F)cnc2C1. The molecule has 7 nitrogen and oxygen atoms in total. The summed E-state index contributed by atoms with van der Waals surface area (Å²) in [6.07, 6.45) is 5.17. The van der Waals surface area contributed by atoms with Crippen molar-refractivity contribution in [2.75, 3.05) is 25.5 Å². The quantitative estimate of drug-likeness (QED) is 0.714. The lowest BCUT2D eigenvalue weighted by atomic mass is 9.89. The third-order valence-electron chi connectivity index (χ3n) is 6.48. The summed E-state index contributed by atoms with van der Waals surface area (Å²) in [4.78, 5) is 29.7. The van der Waals surface area contributed by atoms with Crippen LogP contribution in [0.2, 0.25) is 0 Å². The van der Waals surface area contributed by atoms with Gasteiger partial charge in [0.1, 0.15) is 11.4 Å². The van der Waals surface area contributed by atoms with Gasteiger partial charge in [0.15, 0.2) is 0 Å². The number of hydrogen-bond acceptors (Lipinski definition) is 5. The molecule has 0 bridgehead atoms. The smallest absolute Gasteiger partial charge is 0.254 e. The Kier molecular flexibility index (Phi) is 6.41. The van der Waals surface area contributed by atoms with E-state index in [0.29, 0.717) is 31.8 Å². The molecule has 1 aromatic heterocycles. The van der Waals surface area contributed by atoms with Gasteiger partial charge in [0.2, 0.25) is 6.41 Å². The Bertz CT molecular complexity index is 970. The van der Waals surface area contributed by atoms with Crippen LogP contribution < -0.4 is 5.32 Å². The molecule has 3 heterocycles. The van der Waals surface area contributed by atoms with E-state index in [0.717, 1.165) is 49.3 Å². The second-order valence-corrected chi connectivity index (χ2v) is 8.74. The number of anilines is 1. The highest BCUT2D eigenvalue weighted by atomic mass is 19.1. The fourth-order valence-electron chi connectivity index (χ4n) is 4.29.